The second-order valence-corrected chi connectivity index (χ2v) is 3.52. The summed E-state index contributed by atoms with van der Waals surface area (Å²) in [5.74, 6) is -0.322. The highest BCUT2D eigenvalue weighted by Gasteiger charge is 2.07. The van der Waals surface area contributed by atoms with Gasteiger partial charge in [0.25, 0.3) is 5.91 Å². The molecule has 5 heteroatoms. The maximum atomic E-state index is 11.8. The van der Waals surface area contributed by atoms with Gasteiger partial charge in [-0.25, -0.2) is 4.98 Å². The zero-order valence-corrected chi connectivity index (χ0v) is 9.50. The van der Waals surface area contributed by atoms with E-state index in [-0.39, 0.29) is 17.3 Å². The number of rotatable bonds is 3. The van der Waals surface area contributed by atoms with E-state index in [2.05, 4.69) is 15.3 Å². The Morgan fingerprint density at radius 2 is 2.17 bits per heavy atom. The quantitative estimate of drug-likeness (QED) is 0.873. The van der Waals surface area contributed by atoms with E-state index < -0.39 is 0 Å². The molecule has 88 valence electrons. The smallest absolute Gasteiger partial charge is 0.270 e. The minimum absolute atomic E-state index is 0.223. The highest BCUT2D eigenvalue weighted by atomic mass is 16.1. The number of hydrogen-bond acceptors (Lipinski definition) is 4. The van der Waals surface area contributed by atoms with Crippen LogP contribution in [0.4, 0.5) is 0 Å². The van der Waals surface area contributed by atoms with E-state index in [4.69, 9.17) is 5.26 Å². The largest absolute Gasteiger partial charge is 0.345 e. The molecule has 0 saturated heterocycles. The first-order valence-corrected chi connectivity index (χ1v) is 5.35. The van der Waals surface area contributed by atoms with E-state index in [1.54, 1.807) is 24.4 Å². The number of nitrogens with one attached hydrogen (secondary N) is 1. The van der Waals surface area contributed by atoms with Gasteiger partial charge in [0.2, 0.25) is 0 Å². The second kappa shape index (κ2) is 5.55. The monoisotopic (exact) mass is 238 g/mol. The summed E-state index contributed by atoms with van der Waals surface area (Å²) in [6, 6.07) is 12.1. The highest BCUT2D eigenvalue weighted by Crippen LogP contribution is 1.99. The summed E-state index contributed by atoms with van der Waals surface area (Å²) in [7, 11) is 0. The van der Waals surface area contributed by atoms with Crippen LogP contribution < -0.4 is 5.32 Å². The van der Waals surface area contributed by atoms with Crippen molar-refractivity contribution in [3.8, 4) is 6.07 Å². The summed E-state index contributed by atoms with van der Waals surface area (Å²) in [6.45, 7) is 0.331. The van der Waals surface area contributed by atoms with Crippen LogP contribution in [0.5, 0.6) is 0 Å². The lowest BCUT2D eigenvalue weighted by molar-refractivity contribution is 0.0945. The van der Waals surface area contributed by atoms with Crippen molar-refractivity contribution in [1.82, 2.24) is 15.3 Å². The maximum absolute atomic E-state index is 11.8. The Morgan fingerprint density at radius 1 is 1.28 bits per heavy atom. The van der Waals surface area contributed by atoms with E-state index in [0.29, 0.717) is 6.54 Å². The fourth-order valence-corrected chi connectivity index (χ4v) is 1.39. The van der Waals surface area contributed by atoms with Gasteiger partial charge >= 0.3 is 0 Å². The van der Waals surface area contributed by atoms with Crippen LogP contribution in [-0.4, -0.2) is 15.9 Å². The zero-order chi connectivity index (χ0) is 12.8. The molecular weight excluding hydrogens is 228 g/mol. The summed E-state index contributed by atoms with van der Waals surface area (Å²) in [5.41, 5.74) is 1.22. The van der Waals surface area contributed by atoms with Crippen molar-refractivity contribution in [1.29, 1.82) is 5.26 Å². The molecule has 0 saturated carbocycles. The van der Waals surface area contributed by atoms with Crippen molar-refractivity contribution in [2.45, 2.75) is 6.54 Å². The Balaban J connectivity index is 2.02. The van der Waals surface area contributed by atoms with Gasteiger partial charge in [-0.05, 0) is 24.3 Å². The average Bonchev–Trinajstić information content (AvgIpc) is 2.46. The lowest BCUT2D eigenvalue weighted by Gasteiger charge is -2.03. The van der Waals surface area contributed by atoms with Gasteiger partial charge < -0.3 is 5.32 Å². The standard InChI is InChI=1S/C13H10N4O/c14-8-10-5-3-6-12(17-10)13(18)16-9-11-4-1-2-7-15-11/h1-7H,9H2,(H,16,18). The van der Waals surface area contributed by atoms with Crippen LogP contribution in [-0.2, 0) is 6.54 Å². The number of pyridine rings is 2. The zero-order valence-electron chi connectivity index (χ0n) is 9.50. The summed E-state index contributed by atoms with van der Waals surface area (Å²) in [6.07, 6.45) is 1.66. The molecule has 2 aromatic heterocycles. The Kier molecular flexibility index (Phi) is 3.62. The second-order valence-electron chi connectivity index (χ2n) is 3.52. The molecule has 0 aliphatic carbocycles. The Labute approximate surface area is 104 Å². The van der Waals surface area contributed by atoms with Gasteiger partial charge in [0.1, 0.15) is 17.5 Å². The third-order valence-corrected chi connectivity index (χ3v) is 2.25. The first kappa shape index (κ1) is 11.7. The topological polar surface area (TPSA) is 78.7 Å². The number of nitriles is 1. The van der Waals surface area contributed by atoms with Crippen LogP contribution in [0.3, 0.4) is 0 Å². The van der Waals surface area contributed by atoms with E-state index in [9.17, 15) is 4.79 Å². The third kappa shape index (κ3) is 2.89. The van der Waals surface area contributed by atoms with Crippen molar-refractivity contribution in [3.05, 3.63) is 59.7 Å². The third-order valence-electron chi connectivity index (χ3n) is 2.25. The molecule has 2 heterocycles. The number of nitrogens with zero attached hydrogens (tertiary/aromatic N) is 3. The number of carbonyl (C=O) groups is 1. The minimum atomic E-state index is -0.322. The SMILES string of the molecule is N#Cc1cccc(C(=O)NCc2ccccn2)n1. The molecule has 0 fully saturated rings. The molecule has 18 heavy (non-hydrogen) atoms. The van der Waals surface area contributed by atoms with Crippen molar-refractivity contribution >= 4 is 5.91 Å². The number of amides is 1. The van der Waals surface area contributed by atoms with Crippen molar-refractivity contribution < 1.29 is 4.79 Å². The summed E-state index contributed by atoms with van der Waals surface area (Å²) < 4.78 is 0. The highest BCUT2D eigenvalue weighted by molar-refractivity contribution is 5.92. The van der Waals surface area contributed by atoms with Crippen LogP contribution in [0.2, 0.25) is 0 Å². The van der Waals surface area contributed by atoms with Crippen LogP contribution in [0.1, 0.15) is 21.9 Å². The molecular formula is C13H10N4O. The molecule has 0 aliphatic rings. The first-order chi connectivity index (χ1) is 8.79. The Bertz CT molecular complexity index is 589. The predicted octanol–water partition coefficient (Wildman–Crippen LogP) is 1.28. The molecule has 0 aliphatic heterocycles. The Hall–Kier alpha value is -2.74. The molecule has 0 radical (unpaired) electrons. The van der Waals surface area contributed by atoms with Gasteiger partial charge in [-0.2, -0.15) is 5.26 Å². The molecule has 0 bridgehead atoms. The lowest BCUT2D eigenvalue weighted by Crippen LogP contribution is -2.24. The van der Waals surface area contributed by atoms with Crippen LogP contribution in [0, 0.1) is 11.3 Å². The van der Waals surface area contributed by atoms with Gasteiger partial charge in [-0.3, -0.25) is 9.78 Å². The number of carbonyl (C=O) groups excluding carboxylic acids is 1. The summed E-state index contributed by atoms with van der Waals surface area (Å²) in [5, 5.41) is 11.4. The molecule has 0 spiro atoms. The van der Waals surface area contributed by atoms with Gasteiger partial charge in [0, 0.05) is 6.20 Å². The van der Waals surface area contributed by atoms with Gasteiger partial charge in [-0.15, -0.1) is 0 Å². The first-order valence-electron chi connectivity index (χ1n) is 5.35. The van der Waals surface area contributed by atoms with Crippen molar-refractivity contribution in [3.63, 3.8) is 0 Å². The fourth-order valence-electron chi connectivity index (χ4n) is 1.39. The predicted molar refractivity (Wildman–Crippen MR) is 64.4 cm³/mol. The van der Waals surface area contributed by atoms with E-state index in [0.717, 1.165) is 5.69 Å². The molecule has 0 atom stereocenters. The molecule has 1 N–H and O–H groups in total. The molecule has 1 amide bonds. The molecule has 5 nitrogen and oxygen atoms in total. The number of aromatic nitrogens is 2. The van der Waals surface area contributed by atoms with Gasteiger partial charge in [0.05, 0.1) is 12.2 Å². The fraction of sp³-hybridized carbons (Fsp3) is 0.0769. The van der Waals surface area contributed by atoms with Crippen LogP contribution in [0.15, 0.2) is 42.6 Å². The summed E-state index contributed by atoms with van der Waals surface area (Å²) in [4.78, 5) is 19.8. The molecule has 0 aromatic carbocycles. The average molecular weight is 238 g/mol. The maximum Gasteiger partial charge on any atom is 0.270 e. The van der Waals surface area contributed by atoms with Crippen LogP contribution >= 0.6 is 0 Å². The molecule has 2 rings (SSSR count). The lowest BCUT2D eigenvalue weighted by atomic mass is 10.3. The normalized spacial score (nSPS) is 9.50. The molecule has 0 unspecified atom stereocenters. The van der Waals surface area contributed by atoms with Gasteiger partial charge in [-0.1, -0.05) is 12.1 Å². The minimum Gasteiger partial charge on any atom is -0.345 e. The Morgan fingerprint density at radius 3 is 2.89 bits per heavy atom. The molecule has 2 aromatic rings. The van der Waals surface area contributed by atoms with E-state index >= 15 is 0 Å². The van der Waals surface area contributed by atoms with Crippen molar-refractivity contribution in [2.24, 2.45) is 0 Å². The van der Waals surface area contributed by atoms with Crippen LogP contribution in [0.25, 0.3) is 0 Å². The summed E-state index contributed by atoms with van der Waals surface area (Å²) >= 11 is 0. The van der Waals surface area contributed by atoms with Crippen molar-refractivity contribution in [2.75, 3.05) is 0 Å². The van der Waals surface area contributed by atoms with Gasteiger partial charge in [0.15, 0.2) is 0 Å². The number of hydrogen-bond donors (Lipinski definition) is 1. The van der Waals surface area contributed by atoms with E-state index in [1.165, 1.54) is 0 Å². The van der Waals surface area contributed by atoms with E-state index in [1.807, 2.05) is 24.3 Å².